The Morgan fingerprint density at radius 2 is 1.36 bits per heavy atom. The normalized spacial score (nSPS) is 10.4. The highest BCUT2D eigenvalue weighted by molar-refractivity contribution is 6.09. The van der Waals surface area contributed by atoms with Crippen molar-refractivity contribution in [3.8, 4) is 5.75 Å². The molecule has 3 aromatic rings. The molecule has 0 atom stereocenters. The number of carbonyl (C=O) groups excluding carboxylic acids is 2. The number of carbonyl (C=O) groups is 2. The lowest BCUT2D eigenvalue weighted by Gasteiger charge is -2.15. The molecular formula is C23H22N2O3. The van der Waals surface area contributed by atoms with Crippen molar-refractivity contribution in [3.63, 3.8) is 0 Å². The molecule has 0 unspecified atom stereocenters. The molecule has 28 heavy (non-hydrogen) atoms. The van der Waals surface area contributed by atoms with Crippen LogP contribution in [0.3, 0.4) is 0 Å². The van der Waals surface area contributed by atoms with Gasteiger partial charge in [0.25, 0.3) is 11.8 Å². The maximum Gasteiger partial charge on any atom is 0.255 e. The fraction of sp³-hybridized carbons (Fsp3) is 0.130. The Bertz CT molecular complexity index is 968. The molecule has 0 spiro atoms. The highest BCUT2D eigenvalue weighted by atomic mass is 16.5. The number of nitrogens with one attached hydrogen (secondary N) is 2. The molecule has 0 saturated heterocycles. The van der Waals surface area contributed by atoms with Crippen LogP contribution in [-0.4, -0.2) is 17.9 Å². The van der Waals surface area contributed by atoms with Crippen molar-refractivity contribution in [2.75, 3.05) is 10.6 Å². The minimum atomic E-state index is -0.311. The first kappa shape index (κ1) is 19.2. The number of hydrogen-bond donors (Lipinski definition) is 2. The van der Waals surface area contributed by atoms with Gasteiger partial charge in [-0.05, 0) is 56.3 Å². The lowest BCUT2D eigenvalue weighted by Crippen LogP contribution is -2.16. The monoisotopic (exact) mass is 374 g/mol. The van der Waals surface area contributed by atoms with E-state index < -0.39 is 0 Å². The quantitative estimate of drug-likeness (QED) is 0.639. The maximum absolute atomic E-state index is 12.7. The van der Waals surface area contributed by atoms with E-state index in [-0.39, 0.29) is 17.9 Å². The van der Waals surface area contributed by atoms with Crippen molar-refractivity contribution < 1.29 is 14.3 Å². The molecule has 2 N–H and O–H groups in total. The van der Waals surface area contributed by atoms with Crippen LogP contribution in [0.1, 0.15) is 34.6 Å². The van der Waals surface area contributed by atoms with Crippen molar-refractivity contribution in [1.29, 1.82) is 0 Å². The number of ether oxygens (including phenoxy) is 1. The summed E-state index contributed by atoms with van der Waals surface area (Å²) in [5.41, 5.74) is 2.07. The SMILES string of the molecule is CC(C)Oc1ccccc1NC(=O)c1cccc(C(=O)Nc2ccccc2)c1. The third-order valence-corrected chi connectivity index (χ3v) is 3.92. The van der Waals surface area contributed by atoms with Gasteiger partial charge < -0.3 is 15.4 Å². The van der Waals surface area contributed by atoms with Crippen molar-refractivity contribution >= 4 is 23.2 Å². The minimum absolute atomic E-state index is 0.0111. The van der Waals surface area contributed by atoms with E-state index in [4.69, 9.17) is 4.74 Å². The van der Waals surface area contributed by atoms with Crippen molar-refractivity contribution in [2.24, 2.45) is 0 Å². The second-order valence-electron chi connectivity index (χ2n) is 6.52. The average Bonchev–Trinajstić information content (AvgIpc) is 2.70. The van der Waals surface area contributed by atoms with Gasteiger partial charge in [-0.15, -0.1) is 0 Å². The highest BCUT2D eigenvalue weighted by Crippen LogP contribution is 2.25. The molecule has 5 nitrogen and oxygen atoms in total. The topological polar surface area (TPSA) is 67.4 Å². The molecule has 142 valence electrons. The molecule has 3 aromatic carbocycles. The van der Waals surface area contributed by atoms with Gasteiger partial charge in [-0.1, -0.05) is 36.4 Å². The fourth-order valence-electron chi connectivity index (χ4n) is 2.65. The third-order valence-electron chi connectivity index (χ3n) is 3.92. The predicted octanol–water partition coefficient (Wildman–Crippen LogP) is 4.98. The molecule has 0 aliphatic rings. The molecule has 2 amide bonds. The Kier molecular flexibility index (Phi) is 6.07. The summed E-state index contributed by atoms with van der Waals surface area (Å²) in [6, 6.07) is 23.0. The summed E-state index contributed by atoms with van der Waals surface area (Å²) in [5, 5.41) is 5.67. The second-order valence-corrected chi connectivity index (χ2v) is 6.52. The van der Waals surface area contributed by atoms with Gasteiger partial charge in [-0.25, -0.2) is 0 Å². The molecule has 0 aromatic heterocycles. The fourth-order valence-corrected chi connectivity index (χ4v) is 2.65. The van der Waals surface area contributed by atoms with Gasteiger partial charge in [0, 0.05) is 16.8 Å². The Balaban J connectivity index is 1.75. The van der Waals surface area contributed by atoms with E-state index in [1.807, 2.05) is 44.2 Å². The van der Waals surface area contributed by atoms with Crippen LogP contribution in [0.4, 0.5) is 11.4 Å². The summed E-state index contributed by atoms with van der Waals surface area (Å²) < 4.78 is 5.73. The van der Waals surface area contributed by atoms with Gasteiger partial charge in [0.05, 0.1) is 11.8 Å². The van der Waals surface area contributed by atoms with Gasteiger partial charge in [-0.2, -0.15) is 0 Å². The third kappa shape index (κ3) is 4.98. The average molecular weight is 374 g/mol. The van der Waals surface area contributed by atoms with Gasteiger partial charge in [0.1, 0.15) is 5.75 Å². The van der Waals surface area contributed by atoms with Crippen LogP contribution in [0.2, 0.25) is 0 Å². The first-order valence-electron chi connectivity index (χ1n) is 9.06. The number of benzene rings is 3. The van der Waals surface area contributed by atoms with Crippen LogP contribution in [0, 0.1) is 0 Å². The van der Waals surface area contributed by atoms with Gasteiger partial charge >= 0.3 is 0 Å². The smallest absolute Gasteiger partial charge is 0.255 e. The van der Waals surface area contributed by atoms with Crippen LogP contribution in [0.15, 0.2) is 78.9 Å². The van der Waals surface area contributed by atoms with Crippen LogP contribution in [0.25, 0.3) is 0 Å². The molecule has 0 radical (unpaired) electrons. The highest BCUT2D eigenvalue weighted by Gasteiger charge is 2.13. The van der Waals surface area contributed by atoms with Crippen LogP contribution in [-0.2, 0) is 0 Å². The molecule has 0 heterocycles. The number of hydrogen-bond acceptors (Lipinski definition) is 3. The van der Waals surface area contributed by atoms with E-state index >= 15 is 0 Å². The molecule has 0 fully saturated rings. The molecule has 5 heteroatoms. The Morgan fingerprint density at radius 3 is 2.04 bits per heavy atom. The Hall–Kier alpha value is -3.60. The Morgan fingerprint density at radius 1 is 0.750 bits per heavy atom. The standard InChI is InChI=1S/C23H22N2O3/c1-16(2)28-21-14-7-6-13-20(21)25-23(27)18-10-8-9-17(15-18)22(26)24-19-11-4-3-5-12-19/h3-16H,1-2H3,(H,24,26)(H,25,27). The van der Waals surface area contributed by atoms with Crippen molar-refractivity contribution in [1.82, 2.24) is 0 Å². The largest absolute Gasteiger partial charge is 0.489 e. The zero-order valence-corrected chi connectivity index (χ0v) is 15.8. The van der Waals surface area contributed by atoms with Crippen molar-refractivity contribution in [3.05, 3.63) is 90.0 Å². The first-order valence-corrected chi connectivity index (χ1v) is 9.06. The van der Waals surface area contributed by atoms with Gasteiger partial charge in [0.15, 0.2) is 0 Å². The summed E-state index contributed by atoms with van der Waals surface area (Å²) in [7, 11) is 0. The predicted molar refractivity (Wildman–Crippen MR) is 111 cm³/mol. The maximum atomic E-state index is 12.7. The summed E-state index contributed by atoms with van der Waals surface area (Å²) in [6.45, 7) is 3.85. The van der Waals surface area contributed by atoms with Crippen molar-refractivity contribution in [2.45, 2.75) is 20.0 Å². The summed E-state index contributed by atoms with van der Waals surface area (Å²) >= 11 is 0. The lowest BCUT2D eigenvalue weighted by atomic mass is 10.1. The van der Waals surface area contributed by atoms with E-state index in [0.717, 1.165) is 0 Å². The van der Waals surface area contributed by atoms with E-state index in [9.17, 15) is 9.59 Å². The number of para-hydroxylation sites is 3. The number of rotatable bonds is 6. The van der Waals surface area contributed by atoms with Crippen LogP contribution < -0.4 is 15.4 Å². The van der Waals surface area contributed by atoms with Crippen LogP contribution >= 0.6 is 0 Å². The molecular weight excluding hydrogens is 352 g/mol. The molecule has 0 saturated carbocycles. The number of amides is 2. The zero-order chi connectivity index (χ0) is 19.9. The minimum Gasteiger partial charge on any atom is -0.489 e. The van der Waals surface area contributed by atoms with E-state index in [2.05, 4.69) is 10.6 Å². The summed E-state index contributed by atoms with van der Waals surface area (Å²) in [5.74, 6) is 0.0161. The second kappa shape index (κ2) is 8.86. The van der Waals surface area contributed by atoms with Gasteiger partial charge in [-0.3, -0.25) is 9.59 Å². The zero-order valence-electron chi connectivity index (χ0n) is 15.8. The molecule has 0 bridgehead atoms. The van der Waals surface area contributed by atoms with Gasteiger partial charge in [0.2, 0.25) is 0 Å². The molecule has 0 aliphatic heterocycles. The lowest BCUT2D eigenvalue weighted by molar-refractivity contribution is 0.102. The van der Waals surface area contributed by atoms with E-state index in [0.29, 0.717) is 28.3 Å². The summed E-state index contributed by atoms with van der Waals surface area (Å²) in [6.07, 6.45) is -0.0111. The molecule has 0 aliphatic carbocycles. The number of anilines is 2. The van der Waals surface area contributed by atoms with E-state index in [1.54, 1.807) is 48.5 Å². The molecule has 3 rings (SSSR count). The first-order chi connectivity index (χ1) is 13.5. The Labute approximate surface area is 164 Å². The summed E-state index contributed by atoms with van der Waals surface area (Å²) in [4.78, 5) is 25.1. The van der Waals surface area contributed by atoms with E-state index in [1.165, 1.54) is 0 Å². The van der Waals surface area contributed by atoms with Crippen LogP contribution in [0.5, 0.6) is 5.75 Å².